The van der Waals surface area contributed by atoms with Crippen LogP contribution in [0.1, 0.15) is 9.61 Å². The van der Waals surface area contributed by atoms with Gasteiger partial charge in [0.25, 0.3) is 0 Å². The van der Waals surface area contributed by atoms with Gasteiger partial charge in [-0.05, 0) is 24.7 Å². The van der Waals surface area contributed by atoms with E-state index in [1.165, 1.54) is 5.56 Å². The van der Waals surface area contributed by atoms with Crippen LogP contribution in [0.2, 0.25) is 0 Å². The maximum absolute atomic E-state index is 3.43. The fraction of sp³-hybridized carbons (Fsp3) is 0.250. The summed E-state index contributed by atoms with van der Waals surface area (Å²) in [7, 11) is 1.96. The Balaban J connectivity index is 2.86. The molecular weight excluding hydrogens is 317 g/mol. The molecule has 0 fully saturated rings. The molecule has 1 nitrogen and oxygen atoms in total. The van der Waals surface area contributed by atoms with Gasteiger partial charge in [-0.2, -0.15) is 0 Å². The fourth-order valence-corrected chi connectivity index (χ4v) is 1.64. The average Bonchev–Trinajstić information content (AvgIpc) is 2.03. The highest BCUT2D eigenvalue weighted by Gasteiger charge is 2.02. The summed E-state index contributed by atoms with van der Waals surface area (Å²) in [6, 6.07) is 8.30. The molecule has 0 amide bonds. The average molecular weight is 326 g/mol. The van der Waals surface area contributed by atoms with E-state index in [0.29, 0.717) is 4.05 Å². The predicted octanol–water partition coefficient (Wildman–Crippen LogP) is 3.10. The first-order valence-electron chi connectivity index (χ1n) is 3.31. The van der Waals surface area contributed by atoms with Crippen LogP contribution in [0, 0.1) is 0 Å². The molecule has 1 rings (SSSR count). The van der Waals surface area contributed by atoms with Crippen LogP contribution in [0.3, 0.4) is 0 Å². The normalized spacial score (nSPS) is 13.0. The first-order chi connectivity index (χ1) is 5.24. The molecule has 1 N–H and O–H groups in total. The first kappa shape index (κ1) is 9.48. The highest BCUT2D eigenvalue weighted by Crippen LogP contribution is 2.22. The molecule has 0 saturated heterocycles. The van der Waals surface area contributed by atoms with E-state index >= 15 is 0 Å². The quantitative estimate of drug-likeness (QED) is 0.500. The zero-order chi connectivity index (χ0) is 8.27. The van der Waals surface area contributed by atoms with Crippen LogP contribution in [0.25, 0.3) is 0 Å². The lowest BCUT2D eigenvalue weighted by Gasteiger charge is -2.08. The van der Waals surface area contributed by atoms with Crippen molar-refractivity contribution in [2.24, 2.45) is 0 Å². The van der Waals surface area contributed by atoms with Gasteiger partial charge in [0.05, 0.1) is 4.05 Å². The van der Waals surface area contributed by atoms with E-state index in [0.717, 1.165) is 4.47 Å². The molecule has 60 valence electrons. The molecule has 1 atom stereocenters. The van der Waals surface area contributed by atoms with Gasteiger partial charge in [-0.15, -0.1) is 0 Å². The van der Waals surface area contributed by atoms with Crippen LogP contribution in [0.5, 0.6) is 0 Å². The Labute approximate surface area is 88.8 Å². The Morgan fingerprint density at radius 1 is 1.55 bits per heavy atom. The molecule has 0 aromatic heterocycles. The Morgan fingerprint density at radius 3 is 2.82 bits per heavy atom. The molecular formula is C8H9BrIN. The van der Waals surface area contributed by atoms with Crippen LogP contribution in [0.4, 0.5) is 0 Å². The molecule has 11 heavy (non-hydrogen) atoms. The van der Waals surface area contributed by atoms with Gasteiger partial charge in [0.15, 0.2) is 0 Å². The SMILES string of the molecule is CNC(I)c1cccc(Br)c1. The van der Waals surface area contributed by atoms with Crippen LogP contribution in [-0.2, 0) is 0 Å². The summed E-state index contributed by atoms with van der Waals surface area (Å²) in [6.07, 6.45) is 0. The lowest BCUT2D eigenvalue weighted by molar-refractivity contribution is 0.823. The van der Waals surface area contributed by atoms with Crippen molar-refractivity contribution in [2.75, 3.05) is 7.05 Å². The first-order valence-corrected chi connectivity index (χ1v) is 5.34. The van der Waals surface area contributed by atoms with Gasteiger partial charge in [0.1, 0.15) is 0 Å². The van der Waals surface area contributed by atoms with E-state index in [9.17, 15) is 0 Å². The molecule has 0 heterocycles. The second kappa shape index (κ2) is 4.42. The number of hydrogen-bond donors (Lipinski definition) is 1. The summed E-state index contributed by atoms with van der Waals surface area (Å²) < 4.78 is 1.53. The Bertz CT molecular complexity index is 239. The Hall–Kier alpha value is 0.390. The predicted molar refractivity (Wildman–Crippen MR) is 60.0 cm³/mol. The van der Waals surface area contributed by atoms with Crippen LogP contribution in [0.15, 0.2) is 28.7 Å². The Morgan fingerprint density at radius 2 is 2.27 bits per heavy atom. The summed E-state index contributed by atoms with van der Waals surface area (Å²) in [5.41, 5.74) is 1.29. The van der Waals surface area contributed by atoms with E-state index in [2.05, 4.69) is 56.0 Å². The van der Waals surface area contributed by atoms with Gasteiger partial charge in [0.2, 0.25) is 0 Å². The minimum atomic E-state index is 0.394. The Kier molecular flexibility index (Phi) is 3.81. The zero-order valence-corrected chi connectivity index (χ0v) is 9.89. The molecule has 0 aliphatic carbocycles. The molecule has 1 unspecified atom stereocenters. The topological polar surface area (TPSA) is 12.0 Å². The van der Waals surface area contributed by atoms with Gasteiger partial charge < -0.3 is 5.32 Å². The summed E-state index contributed by atoms with van der Waals surface area (Å²) >= 11 is 5.78. The molecule has 0 aliphatic heterocycles. The van der Waals surface area contributed by atoms with E-state index < -0.39 is 0 Å². The van der Waals surface area contributed by atoms with Crippen LogP contribution >= 0.6 is 38.5 Å². The van der Waals surface area contributed by atoms with E-state index in [-0.39, 0.29) is 0 Å². The molecule has 3 heteroatoms. The highest BCUT2D eigenvalue weighted by molar-refractivity contribution is 14.1. The summed E-state index contributed by atoms with van der Waals surface area (Å²) in [6.45, 7) is 0. The van der Waals surface area contributed by atoms with Gasteiger partial charge in [0, 0.05) is 4.47 Å². The van der Waals surface area contributed by atoms with Gasteiger partial charge >= 0.3 is 0 Å². The third kappa shape index (κ3) is 2.72. The van der Waals surface area contributed by atoms with Gasteiger partial charge in [-0.3, -0.25) is 0 Å². The van der Waals surface area contributed by atoms with Crippen molar-refractivity contribution in [2.45, 2.75) is 4.05 Å². The molecule has 0 radical (unpaired) electrons. The minimum Gasteiger partial charge on any atom is -0.305 e. The fourth-order valence-electron chi connectivity index (χ4n) is 0.831. The monoisotopic (exact) mass is 325 g/mol. The van der Waals surface area contributed by atoms with Crippen molar-refractivity contribution in [3.8, 4) is 0 Å². The smallest absolute Gasteiger partial charge is 0.0847 e. The third-order valence-electron chi connectivity index (χ3n) is 1.39. The molecule has 0 spiro atoms. The minimum absolute atomic E-state index is 0.394. The largest absolute Gasteiger partial charge is 0.305 e. The number of hydrogen-bond acceptors (Lipinski definition) is 1. The van der Waals surface area contributed by atoms with Crippen molar-refractivity contribution in [3.05, 3.63) is 34.3 Å². The lowest BCUT2D eigenvalue weighted by Crippen LogP contribution is -2.08. The van der Waals surface area contributed by atoms with E-state index in [1.807, 2.05) is 19.2 Å². The van der Waals surface area contributed by atoms with Crippen LogP contribution in [-0.4, -0.2) is 7.05 Å². The molecule has 0 saturated carbocycles. The molecule has 1 aromatic rings. The maximum atomic E-state index is 3.43. The van der Waals surface area contributed by atoms with Gasteiger partial charge in [-0.25, -0.2) is 0 Å². The second-order valence-corrected chi connectivity index (χ2v) is 4.37. The van der Waals surface area contributed by atoms with Crippen molar-refractivity contribution < 1.29 is 0 Å². The third-order valence-corrected chi connectivity index (χ3v) is 3.23. The van der Waals surface area contributed by atoms with E-state index in [1.54, 1.807) is 0 Å². The number of halogens is 2. The van der Waals surface area contributed by atoms with E-state index in [4.69, 9.17) is 0 Å². The number of rotatable bonds is 2. The molecule has 1 aromatic carbocycles. The summed E-state index contributed by atoms with van der Waals surface area (Å²) in [5, 5.41) is 3.17. The van der Waals surface area contributed by atoms with Crippen molar-refractivity contribution in [1.82, 2.24) is 5.32 Å². The standard InChI is InChI=1S/C8H9BrIN/c1-11-8(10)6-3-2-4-7(9)5-6/h2-5,8,11H,1H3. The van der Waals surface area contributed by atoms with Crippen molar-refractivity contribution in [3.63, 3.8) is 0 Å². The molecule has 0 aliphatic rings. The lowest BCUT2D eigenvalue weighted by atomic mass is 10.2. The second-order valence-electron chi connectivity index (χ2n) is 2.21. The van der Waals surface area contributed by atoms with Gasteiger partial charge in [-0.1, -0.05) is 50.7 Å². The maximum Gasteiger partial charge on any atom is 0.0847 e. The number of nitrogens with one attached hydrogen (secondary N) is 1. The molecule has 0 bridgehead atoms. The number of alkyl halides is 1. The highest BCUT2D eigenvalue weighted by atomic mass is 127. The zero-order valence-electron chi connectivity index (χ0n) is 6.14. The number of benzene rings is 1. The summed E-state index contributed by atoms with van der Waals surface area (Å²) in [4.78, 5) is 0. The van der Waals surface area contributed by atoms with Crippen LogP contribution < -0.4 is 5.32 Å². The summed E-state index contributed by atoms with van der Waals surface area (Å²) in [5.74, 6) is 0. The van der Waals surface area contributed by atoms with Crippen molar-refractivity contribution in [1.29, 1.82) is 0 Å². The van der Waals surface area contributed by atoms with Crippen molar-refractivity contribution >= 4 is 38.5 Å².